The summed E-state index contributed by atoms with van der Waals surface area (Å²) in [5.74, 6) is 0.892. The molecule has 0 unspecified atom stereocenters. The summed E-state index contributed by atoms with van der Waals surface area (Å²) in [7, 11) is -0.882. The summed E-state index contributed by atoms with van der Waals surface area (Å²) < 4.78 is 6.35. The van der Waals surface area contributed by atoms with Gasteiger partial charge < -0.3 is 4.65 Å². The Hall–Kier alpha value is 0.242. The van der Waals surface area contributed by atoms with E-state index in [-0.39, 0.29) is 0 Å². The minimum atomic E-state index is -0.882. The van der Waals surface area contributed by atoms with Crippen molar-refractivity contribution in [2.75, 3.05) is 0 Å². The number of hydrogen-bond acceptors (Lipinski definition) is 1. The monoisotopic (exact) mass is 238 g/mol. The molecule has 0 amide bonds. The van der Waals surface area contributed by atoms with Gasteiger partial charge in [-0.25, -0.2) is 0 Å². The smallest absolute Gasteiger partial charge is 0.296 e. The second kappa shape index (κ2) is 5.26. The zero-order chi connectivity index (χ0) is 11.6. The van der Waals surface area contributed by atoms with Crippen molar-refractivity contribution in [1.82, 2.24) is 0 Å². The quantitative estimate of drug-likeness (QED) is 0.660. The lowest BCUT2D eigenvalue weighted by molar-refractivity contribution is 0.187. The van der Waals surface area contributed by atoms with Crippen LogP contribution in [0.5, 0.6) is 0 Å². The number of fused-ring (bicyclic) bond motifs is 3. The first-order chi connectivity index (χ1) is 7.54. The summed E-state index contributed by atoms with van der Waals surface area (Å²) >= 11 is 0. The van der Waals surface area contributed by atoms with Crippen LogP contribution >= 0.6 is 0 Å². The molecule has 1 nitrogen and oxygen atoms in total. The molecule has 2 aliphatic rings. The summed E-state index contributed by atoms with van der Waals surface area (Å²) in [6.07, 6.45) is 10.3. The first-order valence-electron chi connectivity index (χ1n) is 7.20. The van der Waals surface area contributed by atoms with E-state index in [0.717, 1.165) is 5.82 Å². The predicted octanol–water partition coefficient (Wildman–Crippen LogP) is 4.44. The van der Waals surface area contributed by atoms with Crippen molar-refractivity contribution in [3.63, 3.8) is 0 Å². The van der Waals surface area contributed by atoms with Gasteiger partial charge in [-0.05, 0) is 25.0 Å². The van der Waals surface area contributed by atoms with E-state index in [1.54, 1.807) is 0 Å². The van der Waals surface area contributed by atoms with Crippen molar-refractivity contribution in [2.45, 2.75) is 82.5 Å². The van der Waals surface area contributed by atoms with E-state index in [1.165, 1.54) is 50.9 Å². The highest BCUT2D eigenvalue weighted by atomic mass is 28.3. The van der Waals surface area contributed by atoms with E-state index in [1.807, 2.05) is 0 Å². The highest BCUT2D eigenvalue weighted by molar-refractivity contribution is 6.77. The standard InChI is InChI=1S/C13H27BOSi/c1-16(2,3)11-10-14-12-6-4-8-13(15-14)9-5-7-12/h12-13H,4-11H2,1-3H3. The summed E-state index contributed by atoms with van der Waals surface area (Å²) in [4.78, 5) is 0. The van der Waals surface area contributed by atoms with Crippen molar-refractivity contribution in [1.29, 1.82) is 0 Å². The van der Waals surface area contributed by atoms with Gasteiger partial charge in [0.2, 0.25) is 0 Å². The Kier molecular flexibility index (Phi) is 4.17. The zero-order valence-electron chi connectivity index (χ0n) is 11.3. The molecule has 92 valence electrons. The molecule has 0 spiro atoms. The van der Waals surface area contributed by atoms with Gasteiger partial charge in [-0.15, -0.1) is 0 Å². The molecule has 0 radical (unpaired) electrons. The maximum atomic E-state index is 6.35. The molecule has 2 fully saturated rings. The predicted molar refractivity (Wildman–Crippen MR) is 75.0 cm³/mol. The van der Waals surface area contributed by atoms with E-state index in [4.69, 9.17) is 4.65 Å². The van der Waals surface area contributed by atoms with Gasteiger partial charge in [-0.3, -0.25) is 0 Å². The average Bonchev–Trinajstić information content (AvgIpc) is 2.43. The average molecular weight is 238 g/mol. The van der Waals surface area contributed by atoms with E-state index < -0.39 is 8.07 Å². The van der Waals surface area contributed by atoms with Gasteiger partial charge in [0.25, 0.3) is 6.92 Å². The largest absolute Gasteiger partial charge is 0.433 e. The molecule has 0 saturated carbocycles. The Morgan fingerprint density at radius 2 is 1.69 bits per heavy atom. The topological polar surface area (TPSA) is 9.23 Å². The fourth-order valence-corrected chi connectivity index (χ4v) is 4.40. The minimum Gasteiger partial charge on any atom is -0.433 e. The Bertz CT molecular complexity index is 216. The van der Waals surface area contributed by atoms with E-state index >= 15 is 0 Å². The third-order valence-corrected chi connectivity index (χ3v) is 6.06. The summed E-state index contributed by atoms with van der Waals surface area (Å²) in [5.41, 5.74) is 0. The lowest BCUT2D eigenvalue weighted by Gasteiger charge is -2.23. The molecule has 16 heavy (non-hydrogen) atoms. The highest BCUT2D eigenvalue weighted by Gasteiger charge is 2.35. The second-order valence-corrected chi connectivity index (χ2v) is 12.6. The van der Waals surface area contributed by atoms with Gasteiger partial charge >= 0.3 is 0 Å². The van der Waals surface area contributed by atoms with Crippen LogP contribution in [0, 0.1) is 0 Å². The Morgan fingerprint density at radius 3 is 2.25 bits per heavy atom. The fraction of sp³-hybridized carbons (Fsp3) is 1.00. The second-order valence-electron chi connectivity index (χ2n) is 7.02. The molecule has 2 aliphatic heterocycles. The van der Waals surface area contributed by atoms with Crippen molar-refractivity contribution < 1.29 is 4.65 Å². The van der Waals surface area contributed by atoms with Crippen molar-refractivity contribution in [2.24, 2.45) is 0 Å². The molecule has 0 aromatic rings. The van der Waals surface area contributed by atoms with Crippen LogP contribution in [0.3, 0.4) is 0 Å². The first kappa shape index (κ1) is 12.7. The van der Waals surface area contributed by atoms with Crippen molar-refractivity contribution in [3.8, 4) is 0 Å². The summed E-state index contributed by atoms with van der Waals surface area (Å²) in [5, 5.41) is 0. The fourth-order valence-electron chi connectivity index (χ4n) is 3.25. The lowest BCUT2D eigenvalue weighted by Crippen LogP contribution is -2.29. The highest BCUT2D eigenvalue weighted by Crippen LogP contribution is 2.38. The molecule has 0 N–H and O–H groups in total. The van der Waals surface area contributed by atoms with Crippen molar-refractivity contribution in [3.05, 3.63) is 0 Å². The van der Waals surface area contributed by atoms with Crippen LogP contribution in [0.25, 0.3) is 0 Å². The molecular formula is C13H27BOSi. The van der Waals surface area contributed by atoms with Crippen LogP contribution in [0.15, 0.2) is 0 Å². The molecule has 3 heteroatoms. The van der Waals surface area contributed by atoms with Gasteiger partial charge in [0.1, 0.15) is 0 Å². The maximum Gasteiger partial charge on any atom is 0.296 e. The van der Waals surface area contributed by atoms with Gasteiger partial charge in [0, 0.05) is 14.2 Å². The van der Waals surface area contributed by atoms with Gasteiger partial charge in [-0.2, -0.15) is 0 Å². The van der Waals surface area contributed by atoms with E-state index in [9.17, 15) is 0 Å². The Labute approximate surface area is 102 Å². The van der Waals surface area contributed by atoms with Crippen LogP contribution in [-0.2, 0) is 4.65 Å². The molecule has 0 aromatic heterocycles. The van der Waals surface area contributed by atoms with Crippen LogP contribution in [-0.4, -0.2) is 21.1 Å². The molecule has 2 rings (SSSR count). The first-order valence-corrected chi connectivity index (χ1v) is 10.9. The molecule has 2 saturated heterocycles. The van der Waals surface area contributed by atoms with E-state index in [0.29, 0.717) is 13.0 Å². The summed E-state index contributed by atoms with van der Waals surface area (Å²) in [6, 6.07) is 1.45. The summed E-state index contributed by atoms with van der Waals surface area (Å²) in [6.45, 7) is 8.06. The molecule has 2 heterocycles. The lowest BCUT2D eigenvalue weighted by atomic mass is 9.52. The van der Waals surface area contributed by atoms with Crippen molar-refractivity contribution >= 4 is 15.0 Å². The molecule has 2 bridgehead atoms. The zero-order valence-corrected chi connectivity index (χ0v) is 12.3. The number of rotatable bonds is 3. The van der Waals surface area contributed by atoms with Gasteiger partial charge in [0.15, 0.2) is 0 Å². The Morgan fingerprint density at radius 1 is 1.06 bits per heavy atom. The molecule has 0 aliphatic carbocycles. The van der Waals surface area contributed by atoms with Crippen LogP contribution < -0.4 is 0 Å². The third-order valence-electron chi connectivity index (χ3n) is 4.27. The molecule has 0 aromatic carbocycles. The normalized spacial score (nSPS) is 31.3. The van der Waals surface area contributed by atoms with E-state index in [2.05, 4.69) is 19.6 Å². The van der Waals surface area contributed by atoms with Crippen LogP contribution in [0.4, 0.5) is 0 Å². The minimum absolute atomic E-state index is 0.610. The maximum absolute atomic E-state index is 6.35. The van der Waals surface area contributed by atoms with Gasteiger partial charge in [0.05, 0.1) is 0 Å². The third kappa shape index (κ3) is 3.63. The molecule has 0 atom stereocenters. The van der Waals surface area contributed by atoms with Gasteiger partial charge in [-0.1, -0.05) is 51.4 Å². The van der Waals surface area contributed by atoms with Crippen LogP contribution in [0.2, 0.25) is 37.8 Å². The molecular weight excluding hydrogens is 211 g/mol. The SMILES string of the molecule is C[Si](C)(C)CCB1OC2CCCC1CCC2. The Balaban J connectivity index is 1.92. The number of hydrogen-bond donors (Lipinski definition) is 0. The van der Waals surface area contributed by atoms with Crippen LogP contribution in [0.1, 0.15) is 38.5 Å².